The maximum absolute atomic E-state index is 12.1. The molecule has 2 rings (SSSR count). The molecule has 1 amide bonds. The van der Waals surface area contributed by atoms with E-state index in [2.05, 4.69) is 0 Å². The zero-order valence-corrected chi connectivity index (χ0v) is 9.98. The van der Waals surface area contributed by atoms with E-state index in [-0.39, 0.29) is 17.9 Å². The van der Waals surface area contributed by atoms with Crippen LogP contribution < -0.4 is 0 Å². The van der Waals surface area contributed by atoms with Gasteiger partial charge in [0.1, 0.15) is 0 Å². The second-order valence-electron chi connectivity index (χ2n) is 4.56. The molecule has 0 aliphatic carbocycles. The number of amides is 1. The molecule has 4 heteroatoms. The fraction of sp³-hybridized carbons (Fsp3) is 0.917. The van der Waals surface area contributed by atoms with E-state index in [4.69, 9.17) is 9.47 Å². The van der Waals surface area contributed by atoms with E-state index in [9.17, 15) is 4.79 Å². The largest absolute Gasteiger partial charge is 0.381 e. The predicted molar refractivity (Wildman–Crippen MR) is 60.2 cm³/mol. The quantitative estimate of drug-likeness (QED) is 0.723. The fourth-order valence-electron chi connectivity index (χ4n) is 2.50. The molecule has 2 atom stereocenters. The van der Waals surface area contributed by atoms with Gasteiger partial charge in [0.25, 0.3) is 0 Å². The third-order valence-electron chi connectivity index (χ3n) is 3.37. The lowest BCUT2D eigenvalue weighted by molar-refractivity contribution is -0.139. The molecule has 2 aliphatic rings. The van der Waals surface area contributed by atoms with Crippen LogP contribution >= 0.6 is 0 Å². The first-order valence-electron chi connectivity index (χ1n) is 6.29. The molecular formula is C12H21NO3. The number of ether oxygens (including phenoxy) is 2. The third kappa shape index (κ3) is 2.74. The molecule has 0 N–H and O–H groups in total. The van der Waals surface area contributed by atoms with Gasteiger partial charge in [-0.1, -0.05) is 0 Å². The summed E-state index contributed by atoms with van der Waals surface area (Å²) < 4.78 is 10.9. The van der Waals surface area contributed by atoms with E-state index in [0.717, 1.165) is 45.6 Å². The molecule has 0 aromatic rings. The van der Waals surface area contributed by atoms with Crippen molar-refractivity contribution in [3.05, 3.63) is 0 Å². The highest BCUT2D eigenvalue weighted by atomic mass is 16.5. The number of nitrogens with zero attached hydrogens (tertiary/aromatic N) is 1. The Labute approximate surface area is 96.9 Å². The Balaban J connectivity index is 1.85. The molecule has 2 heterocycles. The Bertz CT molecular complexity index is 236. The molecule has 0 aromatic heterocycles. The van der Waals surface area contributed by atoms with Gasteiger partial charge in [-0.15, -0.1) is 0 Å². The molecule has 2 saturated heterocycles. The highest BCUT2D eigenvalue weighted by molar-refractivity contribution is 5.79. The standard InChI is InChI=1S/C12H21NO3/c1-2-16-11-4-3-6-13(8-11)12(14)10-5-7-15-9-10/h10-11H,2-9H2,1H3. The summed E-state index contributed by atoms with van der Waals surface area (Å²) in [7, 11) is 0. The van der Waals surface area contributed by atoms with Gasteiger partial charge in [-0.3, -0.25) is 4.79 Å². The van der Waals surface area contributed by atoms with Crippen molar-refractivity contribution in [3.8, 4) is 0 Å². The first-order chi connectivity index (χ1) is 7.81. The average molecular weight is 227 g/mol. The molecular weight excluding hydrogens is 206 g/mol. The van der Waals surface area contributed by atoms with Gasteiger partial charge in [0.2, 0.25) is 5.91 Å². The molecule has 2 unspecified atom stereocenters. The number of carbonyl (C=O) groups excluding carboxylic acids is 1. The molecule has 4 nitrogen and oxygen atoms in total. The van der Waals surface area contributed by atoms with Crippen LogP contribution in [0, 0.1) is 5.92 Å². The third-order valence-corrected chi connectivity index (χ3v) is 3.37. The van der Waals surface area contributed by atoms with Gasteiger partial charge in [0.05, 0.1) is 18.6 Å². The van der Waals surface area contributed by atoms with Crippen LogP contribution in [0.2, 0.25) is 0 Å². The summed E-state index contributed by atoms with van der Waals surface area (Å²) in [4.78, 5) is 14.1. The van der Waals surface area contributed by atoms with Gasteiger partial charge >= 0.3 is 0 Å². The van der Waals surface area contributed by atoms with Crippen LogP contribution in [-0.4, -0.2) is 49.8 Å². The molecule has 0 aromatic carbocycles. The Morgan fingerprint density at radius 2 is 2.38 bits per heavy atom. The topological polar surface area (TPSA) is 38.8 Å². The van der Waals surface area contributed by atoms with Crippen molar-refractivity contribution in [1.82, 2.24) is 4.90 Å². The van der Waals surface area contributed by atoms with Gasteiger partial charge in [-0.05, 0) is 26.2 Å². The molecule has 2 fully saturated rings. The van der Waals surface area contributed by atoms with E-state index in [1.54, 1.807) is 0 Å². The molecule has 0 bridgehead atoms. The number of likely N-dealkylation sites (tertiary alicyclic amines) is 1. The van der Waals surface area contributed by atoms with Crippen LogP contribution in [0.3, 0.4) is 0 Å². The number of hydrogen-bond donors (Lipinski definition) is 0. The van der Waals surface area contributed by atoms with E-state index in [0.29, 0.717) is 6.61 Å². The number of rotatable bonds is 3. The normalized spacial score (nSPS) is 30.7. The van der Waals surface area contributed by atoms with E-state index in [1.165, 1.54) is 0 Å². The van der Waals surface area contributed by atoms with Gasteiger partial charge in [-0.25, -0.2) is 0 Å². The van der Waals surface area contributed by atoms with Crippen LogP contribution in [0.25, 0.3) is 0 Å². The van der Waals surface area contributed by atoms with Crippen LogP contribution in [0.15, 0.2) is 0 Å². The Morgan fingerprint density at radius 1 is 1.50 bits per heavy atom. The maximum Gasteiger partial charge on any atom is 0.228 e. The van der Waals surface area contributed by atoms with Crippen LogP contribution in [0.4, 0.5) is 0 Å². The highest BCUT2D eigenvalue weighted by Gasteiger charge is 2.31. The number of piperidine rings is 1. The van der Waals surface area contributed by atoms with Gasteiger partial charge in [0.15, 0.2) is 0 Å². The highest BCUT2D eigenvalue weighted by Crippen LogP contribution is 2.20. The van der Waals surface area contributed by atoms with E-state index >= 15 is 0 Å². The predicted octanol–water partition coefficient (Wildman–Crippen LogP) is 1.05. The summed E-state index contributed by atoms with van der Waals surface area (Å²) in [5.41, 5.74) is 0. The smallest absolute Gasteiger partial charge is 0.228 e. The minimum atomic E-state index is 0.0976. The minimum absolute atomic E-state index is 0.0976. The molecule has 0 saturated carbocycles. The fourth-order valence-corrected chi connectivity index (χ4v) is 2.50. The SMILES string of the molecule is CCOC1CCCN(C(=O)C2CCOC2)C1. The lowest BCUT2D eigenvalue weighted by atomic mass is 10.0. The number of hydrogen-bond acceptors (Lipinski definition) is 3. The lowest BCUT2D eigenvalue weighted by Gasteiger charge is -2.33. The molecule has 16 heavy (non-hydrogen) atoms. The van der Waals surface area contributed by atoms with Crippen molar-refractivity contribution < 1.29 is 14.3 Å². The second kappa shape index (κ2) is 5.64. The second-order valence-corrected chi connectivity index (χ2v) is 4.56. The van der Waals surface area contributed by atoms with Gasteiger partial charge < -0.3 is 14.4 Å². The molecule has 0 radical (unpaired) electrons. The van der Waals surface area contributed by atoms with Crippen molar-refractivity contribution >= 4 is 5.91 Å². The summed E-state index contributed by atoms with van der Waals surface area (Å²) in [5, 5.41) is 0. The van der Waals surface area contributed by atoms with Crippen molar-refractivity contribution in [2.24, 2.45) is 5.92 Å². The summed E-state index contributed by atoms with van der Waals surface area (Å²) in [6, 6.07) is 0. The monoisotopic (exact) mass is 227 g/mol. The van der Waals surface area contributed by atoms with E-state index < -0.39 is 0 Å². The number of carbonyl (C=O) groups is 1. The Morgan fingerprint density at radius 3 is 3.06 bits per heavy atom. The summed E-state index contributed by atoms with van der Waals surface area (Å²) in [5.74, 6) is 0.363. The van der Waals surface area contributed by atoms with Crippen molar-refractivity contribution in [3.63, 3.8) is 0 Å². The zero-order chi connectivity index (χ0) is 11.4. The van der Waals surface area contributed by atoms with Crippen LogP contribution in [0.5, 0.6) is 0 Å². The minimum Gasteiger partial charge on any atom is -0.381 e. The molecule has 92 valence electrons. The average Bonchev–Trinajstić information content (AvgIpc) is 2.82. The maximum atomic E-state index is 12.1. The van der Waals surface area contributed by atoms with Crippen molar-refractivity contribution in [2.75, 3.05) is 32.9 Å². The zero-order valence-electron chi connectivity index (χ0n) is 9.98. The molecule has 0 spiro atoms. The van der Waals surface area contributed by atoms with Crippen molar-refractivity contribution in [2.45, 2.75) is 32.3 Å². The van der Waals surface area contributed by atoms with Gasteiger partial charge in [0, 0.05) is 26.3 Å². The van der Waals surface area contributed by atoms with Crippen LogP contribution in [0.1, 0.15) is 26.2 Å². The lowest BCUT2D eigenvalue weighted by Crippen LogP contribution is -2.45. The summed E-state index contributed by atoms with van der Waals surface area (Å²) in [6.07, 6.45) is 3.27. The van der Waals surface area contributed by atoms with Crippen molar-refractivity contribution in [1.29, 1.82) is 0 Å². The first kappa shape index (κ1) is 11.9. The molecule has 2 aliphatic heterocycles. The van der Waals surface area contributed by atoms with Gasteiger partial charge in [-0.2, -0.15) is 0 Å². The van der Waals surface area contributed by atoms with Crippen LogP contribution in [-0.2, 0) is 14.3 Å². The summed E-state index contributed by atoms with van der Waals surface area (Å²) >= 11 is 0. The van der Waals surface area contributed by atoms with E-state index in [1.807, 2.05) is 11.8 Å². The Hall–Kier alpha value is -0.610. The Kier molecular flexibility index (Phi) is 4.18. The first-order valence-corrected chi connectivity index (χ1v) is 6.29. The summed E-state index contributed by atoms with van der Waals surface area (Å²) in [6.45, 7) is 5.74.